The Morgan fingerprint density at radius 2 is 1.50 bits per heavy atom. The van der Waals surface area contributed by atoms with Crippen LogP contribution in [-0.2, 0) is 14.4 Å². The molecule has 5 nitrogen and oxygen atoms in total. The second kappa shape index (κ2) is 7.27. The van der Waals surface area contributed by atoms with Crippen LogP contribution in [0.3, 0.4) is 0 Å². The fraction of sp³-hybridized carbons (Fsp3) is 0.500. The molecule has 64 valence electrons. The number of carboxylic acids is 2. The molecule has 0 rings (SSSR count). The Labute approximate surface area is 92.5 Å². The quantitative estimate of drug-likeness (QED) is 0.351. The third-order valence-electron chi connectivity index (χ3n) is 0.966. The van der Waals surface area contributed by atoms with Gasteiger partial charge < -0.3 is 11.6 Å². The number of carboxylic acid groups (broad SMARTS) is 2. The molecule has 0 aromatic heterocycles. The summed E-state index contributed by atoms with van der Waals surface area (Å²) in [5.74, 6) is -2.87. The molecule has 0 aromatic carbocycles. The monoisotopic (exact) mass is 184 g/mol. The van der Waals surface area contributed by atoms with Gasteiger partial charge in [-0.2, -0.15) is 0 Å². The van der Waals surface area contributed by atoms with Gasteiger partial charge >= 0.3 is 41.5 Å². The van der Waals surface area contributed by atoms with E-state index in [1.165, 1.54) is 0 Å². The van der Waals surface area contributed by atoms with Gasteiger partial charge in [-0.1, -0.05) is 0 Å². The Hall–Kier alpha value is -0.390. The second-order valence-electron chi connectivity index (χ2n) is 2.00. The van der Waals surface area contributed by atoms with E-state index in [0.29, 0.717) is 0 Å². The summed E-state index contributed by atoms with van der Waals surface area (Å²) in [6, 6.07) is 0. The zero-order valence-electron chi connectivity index (χ0n) is 7.74. The van der Waals surface area contributed by atoms with Crippen molar-refractivity contribution in [1.29, 1.82) is 0 Å². The molecule has 0 amide bonds. The number of ketones is 1. The van der Waals surface area contributed by atoms with Gasteiger partial charge in [0.1, 0.15) is 12.2 Å². The van der Waals surface area contributed by atoms with Crippen LogP contribution in [0.5, 0.6) is 0 Å². The van der Waals surface area contributed by atoms with Crippen LogP contribution in [0.2, 0.25) is 0 Å². The molecule has 0 heterocycles. The fourth-order valence-corrected chi connectivity index (χ4v) is 0.503. The predicted molar refractivity (Wildman–Crippen MR) is 35.2 cm³/mol. The molecule has 0 radical (unpaired) electrons. The number of hydrogen-bond acceptors (Lipinski definition) is 3. The average molecular weight is 184 g/mol. The SMILES string of the molecule is O=C(O)CCC(=O)CC(=O)O.[H-].[Na+]. The van der Waals surface area contributed by atoms with Crippen molar-refractivity contribution in [2.24, 2.45) is 0 Å². The van der Waals surface area contributed by atoms with Gasteiger partial charge in [0.05, 0.1) is 6.42 Å². The fourth-order valence-electron chi connectivity index (χ4n) is 0.503. The first kappa shape index (κ1) is 14.2. The van der Waals surface area contributed by atoms with Crippen molar-refractivity contribution in [3.8, 4) is 0 Å². The normalized spacial score (nSPS) is 8.33. The first-order valence-corrected chi connectivity index (χ1v) is 2.97. The first-order chi connectivity index (χ1) is 5.02. The molecule has 0 saturated carbocycles. The smallest absolute Gasteiger partial charge is 1.00 e. The van der Waals surface area contributed by atoms with Crippen molar-refractivity contribution in [1.82, 2.24) is 0 Å². The second-order valence-corrected chi connectivity index (χ2v) is 2.00. The number of rotatable bonds is 5. The molecule has 0 aliphatic carbocycles. The van der Waals surface area contributed by atoms with Crippen molar-refractivity contribution >= 4 is 17.7 Å². The predicted octanol–water partition coefficient (Wildman–Crippen LogP) is -2.99. The molecule has 0 bridgehead atoms. The van der Waals surface area contributed by atoms with Crippen LogP contribution >= 0.6 is 0 Å². The minimum atomic E-state index is -1.22. The van der Waals surface area contributed by atoms with Crippen molar-refractivity contribution < 1.29 is 55.6 Å². The summed E-state index contributed by atoms with van der Waals surface area (Å²) < 4.78 is 0. The Bertz CT molecular complexity index is 193. The van der Waals surface area contributed by atoms with Gasteiger partial charge in [0.2, 0.25) is 0 Å². The summed E-state index contributed by atoms with van der Waals surface area (Å²) in [7, 11) is 0. The molecule has 0 aliphatic heterocycles. The molecule has 6 heteroatoms. The largest absolute Gasteiger partial charge is 1.00 e. The van der Waals surface area contributed by atoms with E-state index in [2.05, 4.69) is 0 Å². The van der Waals surface area contributed by atoms with Crippen LogP contribution in [0.25, 0.3) is 0 Å². The molecule has 12 heavy (non-hydrogen) atoms. The summed E-state index contributed by atoms with van der Waals surface area (Å²) >= 11 is 0. The van der Waals surface area contributed by atoms with E-state index in [9.17, 15) is 14.4 Å². The molecule has 2 N–H and O–H groups in total. The molecule has 0 unspecified atom stereocenters. The van der Waals surface area contributed by atoms with Crippen LogP contribution in [0.15, 0.2) is 0 Å². The van der Waals surface area contributed by atoms with E-state index in [1.54, 1.807) is 0 Å². The van der Waals surface area contributed by atoms with Crippen LogP contribution in [0, 0.1) is 0 Å². The topological polar surface area (TPSA) is 91.7 Å². The van der Waals surface area contributed by atoms with Gasteiger partial charge in [0.15, 0.2) is 0 Å². The summed E-state index contributed by atoms with van der Waals surface area (Å²) in [5.41, 5.74) is 0. The van der Waals surface area contributed by atoms with Gasteiger partial charge in [0.25, 0.3) is 0 Å². The van der Waals surface area contributed by atoms with Crippen molar-refractivity contribution in [3.63, 3.8) is 0 Å². The molecule has 0 fully saturated rings. The average Bonchev–Trinajstić information content (AvgIpc) is 1.82. The molecule has 0 aromatic rings. The maximum atomic E-state index is 10.5. The van der Waals surface area contributed by atoms with E-state index >= 15 is 0 Å². The maximum absolute atomic E-state index is 10.5. The Morgan fingerprint density at radius 3 is 1.83 bits per heavy atom. The molecular weight excluding hydrogens is 175 g/mol. The van der Waals surface area contributed by atoms with Crippen molar-refractivity contribution in [3.05, 3.63) is 0 Å². The minimum Gasteiger partial charge on any atom is -1.00 e. The summed E-state index contributed by atoms with van der Waals surface area (Å²) in [6.45, 7) is 0. The van der Waals surface area contributed by atoms with Gasteiger partial charge in [0, 0.05) is 6.42 Å². The maximum Gasteiger partial charge on any atom is 1.00 e. The summed E-state index contributed by atoms with van der Waals surface area (Å²) in [4.78, 5) is 30.3. The van der Waals surface area contributed by atoms with Crippen molar-refractivity contribution in [2.75, 3.05) is 0 Å². The molecule has 0 atom stereocenters. The summed E-state index contributed by atoms with van der Waals surface area (Å²) in [5, 5.41) is 16.2. The first-order valence-electron chi connectivity index (χ1n) is 2.97. The molecule has 0 saturated heterocycles. The van der Waals surface area contributed by atoms with Gasteiger partial charge in [-0.05, 0) is 0 Å². The van der Waals surface area contributed by atoms with E-state index in [0.717, 1.165) is 0 Å². The zero-order valence-corrected chi connectivity index (χ0v) is 8.74. The summed E-state index contributed by atoms with van der Waals surface area (Å²) in [6.07, 6.45) is -1.10. The zero-order chi connectivity index (χ0) is 8.85. The van der Waals surface area contributed by atoms with Crippen LogP contribution in [0.1, 0.15) is 20.7 Å². The Balaban J connectivity index is -0.000000500. The standard InChI is InChI=1S/C6H8O5.Na.H/c7-4(3-6(10)11)1-2-5(8)9;;/h1-3H2,(H,8,9)(H,10,11);;/q;+1;-1. The Morgan fingerprint density at radius 1 is 1.00 bits per heavy atom. The van der Waals surface area contributed by atoms with E-state index in [1.807, 2.05) is 0 Å². The van der Waals surface area contributed by atoms with Gasteiger partial charge in [-0.25, -0.2) is 0 Å². The van der Waals surface area contributed by atoms with E-state index in [4.69, 9.17) is 10.2 Å². The Kier molecular flexibility index (Phi) is 8.57. The number of carbonyl (C=O) groups is 3. The van der Waals surface area contributed by atoms with Gasteiger partial charge in [-0.15, -0.1) is 0 Å². The van der Waals surface area contributed by atoms with E-state index < -0.39 is 24.1 Å². The van der Waals surface area contributed by atoms with Crippen LogP contribution in [-0.4, -0.2) is 27.9 Å². The third-order valence-corrected chi connectivity index (χ3v) is 0.966. The minimum absolute atomic E-state index is 0. The van der Waals surface area contributed by atoms with Crippen molar-refractivity contribution in [2.45, 2.75) is 19.3 Å². The number of carbonyl (C=O) groups excluding carboxylic acids is 1. The number of Topliss-reactive ketones (excluding diaryl/α,β-unsaturated/α-hetero) is 1. The molecule has 0 spiro atoms. The number of hydrogen-bond donors (Lipinski definition) is 2. The molecular formula is C6H9NaO5. The van der Waals surface area contributed by atoms with Crippen LogP contribution in [0.4, 0.5) is 0 Å². The molecule has 0 aliphatic rings. The van der Waals surface area contributed by atoms with E-state index in [-0.39, 0.29) is 43.8 Å². The number of aliphatic carboxylic acids is 2. The van der Waals surface area contributed by atoms with Gasteiger partial charge in [-0.3, -0.25) is 14.4 Å². The van der Waals surface area contributed by atoms with Crippen LogP contribution < -0.4 is 29.6 Å². The third kappa shape index (κ3) is 9.61.